The smallest absolute Gasteiger partial charge is 0.193 e. The van der Waals surface area contributed by atoms with Crippen molar-refractivity contribution in [3.8, 4) is 0 Å². The van der Waals surface area contributed by atoms with E-state index in [0.29, 0.717) is 5.22 Å². The summed E-state index contributed by atoms with van der Waals surface area (Å²) in [5.41, 5.74) is 1.22. The lowest BCUT2D eigenvalue weighted by Gasteiger charge is -2.18. The zero-order chi connectivity index (χ0) is 14.7. The molecule has 0 aliphatic rings. The van der Waals surface area contributed by atoms with Gasteiger partial charge >= 0.3 is 0 Å². The van der Waals surface area contributed by atoms with Crippen molar-refractivity contribution < 1.29 is 4.42 Å². The summed E-state index contributed by atoms with van der Waals surface area (Å²) in [6, 6.07) is 18.5. The topological polar surface area (TPSA) is 25.2 Å². The summed E-state index contributed by atoms with van der Waals surface area (Å²) in [7, 11) is 0. The minimum absolute atomic E-state index is 0.0172. The molecule has 2 aromatic carbocycles. The van der Waals surface area contributed by atoms with E-state index in [1.54, 1.807) is 6.07 Å². The van der Waals surface area contributed by atoms with Crippen LogP contribution in [0.3, 0.4) is 0 Å². The van der Waals surface area contributed by atoms with Crippen molar-refractivity contribution in [1.29, 1.82) is 0 Å². The van der Waals surface area contributed by atoms with Gasteiger partial charge < -0.3 is 9.73 Å². The molecule has 1 unspecified atom stereocenters. The predicted octanol–water partition coefficient (Wildman–Crippen LogP) is 5.18. The van der Waals surface area contributed by atoms with E-state index < -0.39 is 0 Å². The fourth-order valence-electron chi connectivity index (χ4n) is 2.64. The number of nitrogens with one attached hydrogen (secondary N) is 1. The van der Waals surface area contributed by atoms with Crippen LogP contribution in [0.15, 0.2) is 59.0 Å². The van der Waals surface area contributed by atoms with E-state index in [2.05, 4.69) is 54.7 Å². The van der Waals surface area contributed by atoms with Crippen molar-refractivity contribution in [2.24, 2.45) is 0 Å². The van der Waals surface area contributed by atoms with Crippen LogP contribution >= 0.6 is 11.6 Å². The summed E-state index contributed by atoms with van der Waals surface area (Å²) < 4.78 is 5.65. The van der Waals surface area contributed by atoms with Crippen LogP contribution in [0.25, 0.3) is 10.8 Å². The maximum atomic E-state index is 5.95. The third-order valence-electron chi connectivity index (χ3n) is 3.61. The molecule has 1 N–H and O–H groups in total. The van der Waals surface area contributed by atoms with Gasteiger partial charge in [-0.3, -0.25) is 0 Å². The minimum Gasteiger partial charge on any atom is -0.448 e. The highest BCUT2D eigenvalue weighted by Gasteiger charge is 2.19. The summed E-state index contributed by atoms with van der Waals surface area (Å²) in [5.74, 6) is 0.852. The Hall–Kier alpha value is -1.77. The van der Waals surface area contributed by atoms with E-state index in [1.165, 1.54) is 16.3 Å². The Labute approximate surface area is 129 Å². The molecule has 3 aromatic rings. The number of furan rings is 1. The molecule has 1 atom stereocenters. The van der Waals surface area contributed by atoms with Crippen molar-refractivity contribution in [2.75, 3.05) is 6.54 Å². The van der Waals surface area contributed by atoms with E-state index in [0.717, 1.165) is 18.7 Å². The molecule has 21 heavy (non-hydrogen) atoms. The van der Waals surface area contributed by atoms with Gasteiger partial charge in [0.15, 0.2) is 5.22 Å². The molecule has 0 fully saturated rings. The van der Waals surface area contributed by atoms with Crippen molar-refractivity contribution >= 4 is 22.4 Å². The number of benzene rings is 2. The van der Waals surface area contributed by atoms with Crippen LogP contribution in [-0.4, -0.2) is 6.54 Å². The van der Waals surface area contributed by atoms with Gasteiger partial charge in [0.05, 0.1) is 6.04 Å². The quantitative estimate of drug-likeness (QED) is 0.702. The van der Waals surface area contributed by atoms with Crippen molar-refractivity contribution in [2.45, 2.75) is 19.4 Å². The highest BCUT2D eigenvalue weighted by molar-refractivity contribution is 6.28. The minimum atomic E-state index is 0.0172. The molecule has 108 valence electrons. The lowest BCUT2D eigenvalue weighted by molar-refractivity contribution is 0.449. The molecule has 0 aliphatic heterocycles. The Balaban J connectivity index is 2.09. The highest BCUT2D eigenvalue weighted by atomic mass is 35.5. The molecule has 0 saturated carbocycles. The van der Waals surface area contributed by atoms with Gasteiger partial charge in [-0.05, 0) is 53.0 Å². The van der Waals surface area contributed by atoms with Crippen LogP contribution < -0.4 is 5.32 Å². The van der Waals surface area contributed by atoms with E-state index in [9.17, 15) is 0 Å². The second-order valence-corrected chi connectivity index (χ2v) is 5.47. The third-order valence-corrected chi connectivity index (χ3v) is 3.81. The van der Waals surface area contributed by atoms with Crippen molar-refractivity contribution in [3.63, 3.8) is 0 Å². The Morgan fingerprint density at radius 1 is 1.05 bits per heavy atom. The first-order chi connectivity index (χ1) is 10.3. The van der Waals surface area contributed by atoms with Crippen LogP contribution in [0, 0.1) is 0 Å². The summed E-state index contributed by atoms with van der Waals surface area (Å²) >= 11 is 5.95. The van der Waals surface area contributed by atoms with Crippen LogP contribution in [0.5, 0.6) is 0 Å². The summed E-state index contributed by atoms with van der Waals surface area (Å²) in [4.78, 5) is 0. The number of hydrogen-bond acceptors (Lipinski definition) is 2. The maximum Gasteiger partial charge on any atom is 0.193 e. The molecule has 3 rings (SSSR count). The van der Waals surface area contributed by atoms with Gasteiger partial charge in [-0.1, -0.05) is 49.4 Å². The van der Waals surface area contributed by atoms with E-state index >= 15 is 0 Å². The van der Waals surface area contributed by atoms with Crippen molar-refractivity contribution in [3.05, 3.63) is 71.1 Å². The summed E-state index contributed by atoms with van der Waals surface area (Å²) in [6.07, 6.45) is 1.07. The molecule has 0 bridgehead atoms. The standard InChI is InChI=1S/C18H18ClNO/c1-2-12-20-18(16-10-11-17(19)21-16)15-9-5-7-13-6-3-4-8-14(13)15/h3-11,18,20H,2,12H2,1H3. The van der Waals surface area contributed by atoms with Gasteiger partial charge in [0, 0.05) is 0 Å². The van der Waals surface area contributed by atoms with Crippen LogP contribution in [-0.2, 0) is 0 Å². The molecule has 0 amide bonds. The number of hydrogen-bond donors (Lipinski definition) is 1. The fraction of sp³-hybridized carbons (Fsp3) is 0.222. The van der Waals surface area contributed by atoms with Crippen molar-refractivity contribution in [1.82, 2.24) is 5.32 Å². The van der Waals surface area contributed by atoms with Gasteiger partial charge in [-0.2, -0.15) is 0 Å². The fourth-order valence-corrected chi connectivity index (χ4v) is 2.79. The lowest BCUT2D eigenvalue weighted by Crippen LogP contribution is -2.23. The number of halogens is 1. The zero-order valence-corrected chi connectivity index (χ0v) is 12.7. The largest absolute Gasteiger partial charge is 0.448 e. The average molecular weight is 300 g/mol. The Morgan fingerprint density at radius 2 is 1.86 bits per heavy atom. The second-order valence-electron chi connectivity index (χ2n) is 5.10. The van der Waals surface area contributed by atoms with E-state index in [-0.39, 0.29) is 6.04 Å². The number of rotatable bonds is 5. The van der Waals surface area contributed by atoms with Crippen LogP contribution in [0.4, 0.5) is 0 Å². The molecule has 0 radical (unpaired) electrons. The van der Waals surface area contributed by atoms with E-state index in [1.807, 2.05) is 6.07 Å². The molecular formula is C18H18ClNO. The average Bonchev–Trinajstić information content (AvgIpc) is 2.94. The summed E-state index contributed by atoms with van der Waals surface area (Å²) in [6.45, 7) is 3.08. The van der Waals surface area contributed by atoms with Crippen LogP contribution in [0.1, 0.15) is 30.7 Å². The van der Waals surface area contributed by atoms with Gasteiger partial charge in [0.1, 0.15) is 5.76 Å². The highest BCUT2D eigenvalue weighted by Crippen LogP contribution is 2.31. The lowest BCUT2D eigenvalue weighted by atomic mass is 9.97. The Morgan fingerprint density at radius 3 is 2.62 bits per heavy atom. The first-order valence-corrected chi connectivity index (χ1v) is 7.63. The van der Waals surface area contributed by atoms with Gasteiger partial charge in [0.2, 0.25) is 0 Å². The first-order valence-electron chi connectivity index (χ1n) is 7.26. The third kappa shape index (κ3) is 2.97. The maximum absolute atomic E-state index is 5.95. The molecule has 0 spiro atoms. The van der Waals surface area contributed by atoms with E-state index in [4.69, 9.17) is 16.0 Å². The second kappa shape index (κ2) is 6.33. The summed E-state index contributed by atoms with van der Waals surface area (Å²) in [5, 5.41) is 6.45. The normalized spacial score (nSPS) is 12.7. The first kappa shape index (κ1) is 14.2. The Kier molecular flexibility index (Phi) is 4.28. The van der Waals surface area contributed by atoms with Gasteiger partial charge in [-0.15, -0.1) is 0 Å². The number of fused-ring (bicyclic) bond motifs is 1. The SMILES string of the molecule is CCCNC(c1ccc(Cl)o1)c1cccc2ccccc12. The molecule has 1 heterocycles. The molecule has 2 nitrogen and oxygen atoms in total. The van der Waals surface area contributed by atoms with Crippen LogP contribution in [0.2, 0.25) is 5.22 Å². The molecule has 3 heteroatoms. The molecular weight excluding hydrogens is 282 g/mol. The molecule has 0 aliphatic carbocycles. The monoisotopic (exact) mass is 299 g/mol. The Bertz CT molecular complexity index is 729. The predicted molar refractivity (Wildman–Crippen MR) is 87.8 cm³/mol. The zero-order valence-electron chi connectivity index (χ0n) is 12.0. The van der Waals surface area contributed by atoms with Gasteiger partial charge in [0.25, 0.3) is 0 Å². The molecule has 0 saturated heterocycles. The molecule has 1 aromatic heterocycles. The van der Waals surface area contributed by atoms with Gasteiger partial charge in [-0.25, -0.2) is 0 Å².